The van der Waals surface area contributed by atoms with Crippen LogP contribution in [0.1, 0.15) is 5.56 Å². The summed E-state index contributed by atoms with van der Waals surface area (Å²) in [7, 11) is 0. The first-order chi connectivity index (χ1) is 8.19. The van der Waals surface area contributed by atoms with Crippen LogP contribution in [0.3, 0.4) is 0 Å². The third kappa shape index (κ3) is 2.47. The summed E-state index contributed by atoms with van der Waals surface area (Å²) >= 11 is 0. The van der Waals surface area contributed by atoms with Gasteiger partial charge in [0.25, 0.3) is 0 Å². The lowest BCUT2D eigenvalue weighted by atomic mass is 10.2. The summed E-state index contributed by atoms with van der Waals surface area (Å²) in [6, 6.07) is 14.0. The fourth-order valence-electron chi connectivity index (χ4n) is 1.35. The van der Waals surface area contributed by atoms with Gasteiger partial charge in [-0.05, 0) is 36.4 Å². The fraction of sp³-hybridized carbons (Fsp3) is 0. The van der Waals surface area contributed by atoms with Crippen LogP contribution in [0.25, 0.3) is 0 Å². The van der Waals surface area contributed by atoms with Gasteiger partial charge in [-0.15, -0.1) is 0 Å². The van der Waals surface area contributed by atoms with E-state index in [1.165, 1.54) is 0 Å². The van der Waals surface area contributed by atoms with Crippen molar-refractivity contribution >= 4 is 11.4 Å². The molecule has 0 aliphatic carbocycles. The maximum atomic E-state index is 8.66. The number of nitrogen functional groups attached to an aromatic ring is 2. The smallest absolute Gasteiger partial charge is 0.129 e. The number of benzene rings is 2. The van der Waals surface area contributed by atoms with Gasteiger partial charge in [-0.3, -0.25) is 0 Å². The molecule has 0 aliphatic heterocycles. The first-order valence-electron chi connectivity index (χ1n) is 5.02. The van der Waals surface area contributed by atoms with Crippen LogP contribution in [0, 0.1) is 11.3 Å². The first-order valence-corrected chi connectivity index (χ1v) is 5.02. The lowest BCUT2D eigenvalue weighted by Gasteiger charge is -2.07. The summed E-state index contributed by atoms with van der Waals surface area (Å²) in [5.41, 5.74) is 12.9. The third-order valence-corrected chi connectivity index (χ3v) is 2.28. The van der Waals surface area contributed by atoms with Crippen LogP contribution in [-0.2, 0) is 0 Å². The number of nitriles is 1. The average Bonchev–Trinajstić information content (AvgIpc) is 2.35. The number of nitrogens with zero attached hydrogens (tertiary/aromatic N) is 1. The van der Waals surface area contributed by atoms with E-state index in [0.717, 1.165) is 0 Å². The number of hydrogen-bond donors (Lipinski definition) is 2. The van der Waals surface area contributed by atoms with Crippen LogP contribution >= 0.6 is 0 Å². The second-order valence-electron chi connectivity index (χ2n) is 3.53. The van der Waals surface area contributed by atoms with Crippen molar-refractivity contribution in [2.45, 2.75) is 0 Å². The van der Waals surface area contributed by atoms with Crippen molar-refractivity contribution in [1.29, 1.82) is 5.26 Å². The van der Waals surface area contributed by atoms with Gasteiger partial charge in [0.05, 0.1) is 23.0 Å². The number of hydrogen-bond acceptors (Lipinski definition) is 4. The molecule has 0 atom stereocenters. The highest BCUT2D eigenvalue weighted by atomic mass is 16.5. The maximum Gasteiger partial charge on any atom is 0.129 e. The van der Waals surface area contributed by atoms with Crippen molar-refractivity contribution in [3.8, 4) is 17.6 Å². The summed E-state index contributed by atoms with van der Waals surface area (Å²) in [4.78, 5) is 0. The highest BCUT2D eigenvalue weighted by molar-refractivity contribution is 5.65. The van der Waals surface area contributed by atoms with Gasteiger partial charge in [0.2, 0.25) is 0 Å². The van der Waals surface area contributed by atoms with Gasteiger partial charge in [-0.2, -0.15) is 5.26 Å². The SMILES string of the molecule is N#Cc1ccc(Oc2ccc(N)c(N)c2)cc1. The molecule has 0 saturated heterocycles. The monoisotopic (exact) mass is 225 g/mol. The molecule has 2 aromatic carbocycles. The van der Waals surface area contributed by atoms with Crippen molar-refractivity contribution < 1.29 is 4.74 Å². The zero-order chi connectivity index (χ0) is 12.3. The highest BCUT2D eigenvalue weighted by Gasteiger charge is 2.00. The zero-order valence-electron chi connectivity index (χ0n) is 9.05. The predicted molar refractivity (Wildman–Crippen MR) is 66.5 cm³/mol. The molecule has 0 radical (unpaired) electrons. The van der Waals surface area contributed by atoms with Gasteiger partial charge >= 0.3 is 0 Å². The predicted octanol–water partition coefficient (Wildman–Crippen LogP) is 2.51. The quantitative estimate of drug-likeness (QED) is 0.769. The van der Waals surface area contributed by atoms with Crippen LogP contribution in [0.4, 0.5) is 11.4 Å². The minimum absolute atomic E-state index is 0.483. The highest BCUT2D eigenvalue weighted by Crippen LogP contribution is 2.26. The second kappa shape index (κ2) is 4.45. The van der Waals surface area contributed by atoms with Gasteiger partial charge in [0.15, 0.2) is 0 Å². The second-order valence-corrected chi connectivity index (χ2v) is 3.53. The van der Waals surface area contributed by atoms with Gasteiger partial charge < -0.3 is 16.2 Å². The molecule has 84 valence electrons. The Bertz CT molecular complexity index is 570. The Balaban J connectivity index is 2.20. The molecule has 17 heavy (non-hydrogen) atoms. The van der Waals surface area contributed by atoms with Crippen LogP contribution in [0.5, 0.6) is 11.5 Å². The first kappa shape index (κ1) is 10.8. The summed E-state index contributed by atoms with van der Waals surface area (Å²) in [5, 5.41) is 8.66. The Morgan fingerprint density at radius 1 is 0.882 bits per heavy atom. The topological polar surface area (TPSA) is 85.1 Å². The molecule has 2 aromatic rings. The normalized spacial score (nSPS) is 9.59. The summed E-state index contributed by atoms with van der Waals surface area (Å²) in [5.74, 6) is 1.26. The van der Waals surface area contributed by atoms with E-state index >= 15 is 0 Å². The standard InChI is InChI=1S/C13H11N3O/c14-8-9-1-3-10(4-2-9)17-11-5-6-12(15)13(16)7-11/h1-7H,15-16H2. The molecule has 0 aliphatic rings. The van der Waals surface area contributed by atoms with E-state index < -0.39 is 0 Å². The Morgan fingerprint density at radius 2 is 1.53 bits per heavy atom. The van der Waals surface area contributed by atoms with E-state index in [1.54, 1.807) is 42.5 Å². The summed E-state index contributed by atoms with van der Waals surface area (Å²) < 4.78 is 5.57. The van der Waals surface area contributed by atoms with Crippen molar-refractivity contribution in [1.82, 2.24) is 0 Å². The summed E-state index contributed by atoms with van der Waals surface area (Å²) in [6.45, 7) is 0. The van der Waals surface area contributed by atoms with Gasteiger partial charge in [0.1, 0.15) is 11.5 Å². The molecule has 2 rings (SSSR count). The van der Waals surface area contributed by atoms with Crippen molar-refractivity contribution in [2.75, 3.05) is 11.5 Å². The molecule has 0 spiro atoms. The molecule has 0 heterocycles. The van der Waals surface area contributed by atoms with E-state index in [1.807, 2.05) is 6.07 Å². The van der Waals surface area contributed by atoms with E-state index in [0.29, 0.717) is 28.4 Å². The molecular weight excluding hydrogens is 214 g/mol. The van der Waals surface area contributed by atoms with Gasteiger partial charge in [-0.25, -0.2) is 0 Å². The molecule has 4 nitrogen and oxygen atoms in total. The lowest BCUT2D eigenvalue weighted by molar-refractivity contribution is 0.483. The molecule has 4 N–H and O–H groups in total. The minimum Gasteiger partial charge on any atom is -0.457 e. The Kier molecular flexibility index (Phi) is 2.84. The maximum absolute atomic E-state index is 8.66. The largest absolute Gasteiger partial charge is 0.457 e. The third-order valence-electron chi connectivity index (χ3n) is 2.28. The van der Waals surface area contributed by atoms with Crippen molar-refractivity contribution in [3.05, 3.63) is 48.0 Å². The number of ether oxygens (including phenoxy) is 1. The molecule has 0 saturated carbocycles. The van der Waals surface area contributed by atoms with E-state index in [4.69, 9.17) is 21.5 Å². The van der Waals surface area contributed by atoms with Gasteiger partial charge in [0, 0.05) is 6.07 Å². The van der Waals surface area contributed by atoms with Crippen LogP contribution in [0.15, 0.2) is 42.5 Å². The van der Waals surface area contributed by atoms with Crippen LogP contribution < -0.4 is 16.2 Å². The van der Waals surface area contributed by atoms with E-state index in [-0.39, 0.29) is 0 Å². The van der Waals surface area contributed by atoms with Crippen molar-refractivity contribution in [2.24, 2.45) is 0 Å². The minimum atomic E-state index is 0.483. The Labute approximate surface area is 99.0 Å². The number of anilines is 2. The number of rotatable bonds is 2. The van der Waals surface area contributed by atoms with Crippen LogP contribution in [0.2, 0.25) is 0 Å². The fourth-order valence-corrected chi connectivity index (χ4v) is 1.35. The lowest BCUT2D eigenvalue weighted by Crippen LogP contribution is -1.94. The molecule has 0 unspecified atom stereocenters. The molecular formula is C13H11N3O. The van der Waals surface area contributed by atoms with Gasteiger partial charge in [-0.1, -0.05) is 0 Å². The molecule has 4 heteroatoms. The zero-order valence-corrected chi connectivity index (χ0v) is 9.05. The van der Waals surface area contributed by atoms with Crippen molar-refractivity contribution in [3.63, 3.8) is 0 Å². The molecule has 0 amide bonds. The Morgan fingerprint density at radius 3 is 2.12 bits per heavy atom. The molecule has 0 aromatic heterocycles. The van der Waals surface area contributed by atoms with E-state index in [9.17, 15) is 0 Å². The average molecular weight is 225 g/mol. The molecule has 0 fully saturated rings. The summed E-state index contributed by atoms with van der Waals surface area (Å²) in [6.07, 6.45) is 0. The van der Waals surface area contributed by atoms with Crippen LogP contribution in [-0.4, -0.2) is 0 Å². The Hall–Kier alpha value is -2.67. The van der Waals surface area contributed by atoms with E-state index in [2.05, 4.69) is 0 Å². The molecule has 0 bridgehead atoms. The number of nitrogens with two attached hydrogens (primary N) is 2.